The Morgan fingerprint density at radius 2 is 1.76 bits per heavy atom. The lowest BCUT2D eigenvalue weighted by atomic mass is 10.2. The molecular weight excluding hydrogens is 377 g/mol. The molecule has 0 bridgehead atoms. The van der Waals surface area contributed by atoms with Crippen LogP contribution in [0.2, 0.25) is 10.0 Å². The molecule has 8 heteroatoms. The van der Waals surface area contributed by atoms with Crippen LogP contribution in [0, 0.1) is 4.77 Å². The molecule has 0 aliphatic rings. The highest BCUT2D eigenvalue weighted by atomic mass is 35.5. The van der Waals surface area contributed by atoms with Gasteiger partial charge in [0.2, 0.25) is 4.77 Å². The van der Waals surface area contributed by atoms with Crippen LogP contribution in [-0.2, 0) is 0 Å². The van der Waals surface area contributed by atoms with Gasteiger partial charge in [-0.2, -0.15) is 14.9 Å². The average Bonchev–Trinajstić information content (AvgIpc) is 2.95. The summed E-state index contributed by atoms with van der Waals surface area (Å²) in [5.74, 6) is 0.606. The maximum absolute atomic E-state index is 6.17. The zero-order valence-corrected chi connectivity index (χ0v) is 15.9. The van der Waals surface area contributed by atoms with E-state index in [9.17, 15) is 0 Å². The Labute approximate surface area is 160 Å². The summed E-state index contributed by atoms with van der Waals surface area (Å²) in [5, 5.41) is 12.5. The molecule has 3 rings (SSSR count). The highest BCUT2D eigenvalue weighted by molar-refractivity contribution is 7.71. The first-order valence-corrected chi connectivity index (χ1v) is 8.57. The molecule has 0 atom stereocenters. The summed E-state index contributed by atoms with van der Waals surface area (Å²) in [4.78, 5) is 2.03. The third kappa shape index (κ3) is 3.76. The highest BCUT2D eigenvalue weighted by Gasteiger charge is 2.09. The molecular formula is C17H15Cl2N5S. The van der Waals surface area contributed by atoms with Crippen LogP contribution in [0.1, 0.15) is 5.56 Å². The number of nitrogens with zero attached hydrogens (tertiary/aromatic N) is 4. The molecule has 128 valence electrons. The number of hydrogen-bond acceptors (Lipinski definition) is 4. The summed E-state index contributed by atoms with van der Waals surface area (Å²) in [6.07, 6.45) is 1.58. The predicted octanol–water partition coefficient (Wildman–Crippen LogP) is 4.86. The Hall–Kier alpha value is -2.15. The minimum Gasteiger partial charge on any atom is -0.378 e. The Balaban J connectivity index is 2.00. The topological polar surface area (TPSA) is 49.2 Å². The number of aromatic amines is 1. The summed E-state index contributed by atoms with van der Waals surface area (Å²) in [6, 6.07) is 13.2. The molecule has 0 radical (unpaired) electrons. The van der Waals surface area contributed by atoms with Crippen molar-refractivity contribution in [3.8, 4) is 11.4 Å². The first kappa shape index (κ1) is 17.7. The molecule has 5 nitrogen and oxygen atoms in total. The molecule has 1 heterocycles. The number of H-pyrrole nitrogens is 1. The molecule has 2 aromatic carbocycles. The van der Waals surface area contributed by atoms with Crippen LogP contribution in [0.15, 0.2) is 47.6 Å². The number of rotatable bonds is 4. The van der Waals surface area contributed by atoms with Gasteiger partial charge in [0.1, 0.15) is 0 Å². The highest BCUT2D eigenvalue weighted by Crippen LogP contribution is 2.24. The molecule has 0 saturated carbocycles. The maximum Gasteiger partial charge on any atom is 0.216 e. The predicted molar refractivity (Wildman–Crippen MR) is 107 cm³/mol. The van der Waals surface area contributed by atoms with Gasteiger partial charge < -0.3 is 4.90 Å². The minimum atomic E-state index is 0.381. The van der Waals surface area contributed by atoms with E-state index in [1.807, 2.05) is 43.3 Å². The third-order valence-electron chi connectivity index (χ3n) is 3.59. The van der Waals surface area contributed by atoms with E-state index < -0.39 is 0 Å². The van der Waals surface area contributed by atoms with Crippen LogP contribution >= 0.6 is 35.4 Å². The van der Waals surface area contributed by atoms with Crippen molar-refractivity contribution < 1.29 is 0 Å². The van der Waals surface area contributed by atoms with Crippen molar-refractivity contribution in [2.24, 2.45) is 5.10 Å². The van der Waals surface area contributed by atoms with Gasteiger partial charge in [0.15, 0.2) is 5.82 Å². The number of hydrogen-bond donors (Lipinski definition) is 1. The molecule has 0 aliphatic carbocycles. The number of halogens is 2. The maximum atomic E-state index is 6.17. The number of nitrogens with one attached hydrogen (secondary N) is 1. The van der Waals surface area contributed by atoms with E-state index in [0.29, 0.717) is 26.2 Å². The fourth-order valence-electron chi connectivity index (χ4n) is 2.24. The van der Waals surface area contributed by atoms with Crippen LogP contribution in [0.5, 0.6) is 0 Å². The van der Waals surface area contributed by atoms with Crippen LogP contribution in [0.25, 0.3) is 11.4 Å². The molecule has 3 aromatic rings. The molecule has 0 amide bonds. The van der Waals surface area contributed by atoms with Gasteiger partial charge in [-0.25, -0.2) is 5.10 Å². The zero-order chi connectivity index (χ0) is 18.0. The van der Waals surface area contributed by atoms with E-state index in [0.717, 1.165) is 11.3 Å². The second-order valence-corrected chi connectivity index (χ2v) is 6.69. The van der Waals surface area contributed by atoms with Crippen molar-refractivity contribution in [3.05, 3.63) is 62.8 Å². The lowest BCUT2D eigenvalue weighted by Gasteiger charge is -2.12. The van der Waals surface area contributed by atoms with Gasteiger partial charge >= 0.3 is 0 Å². The number of anilines is 1. The van der Waals surface area contributed by atoms with E-state index >= 15 is 0 Å². The van der Waals surface area contributed by atoms with Gasteiger partial charge in [0.05, 0.1) is 16.3 Å². The summed E-state index contributed by atoms with van der Waals surface area (Å²) in [6.45, 7) is 0. The van der Waals surface area contributed by atoms with Crippen molar-refractivity contribution in [3.63, 3.8) is 0 Å². The van der Waals surface area contributed by atoms with Gasteiger partial charge in [-0.3, -0.25) is 0 Å². The van der Waals surface area contributed by atoms with E-state index in [2.05, 4.69) is 15.3 Å². The van der Waals surface area contributed by atoms with Crippen molar-refractivity contribution in [1.82, 2.24) is 14.9 Å². The normalized spacial score (nSPS) is 11.2. The van der Waals surface area contributed by atoms with Gasteiger partial charge in [0.25, 0.3) is 0 Å². The van der Waals surface area contributed by atoms with Gasteiger partial charge in [-0.05, 0) is 48.6 Å². The van der Waals surface area contributed by atoms with E-state index in [-0.39, 0.29) is 0 Å². The van der Waals surface area contributed by atoms with Gasteiger partial charge in [0, 0.05) is 30.9 Å². The van der Waals surface area contributed by atoms with E-state index in [1.165, 1.54) is 0 Å². The van der Waals surface area contributed by atoms with Gasteiger partial charge in [-0.1, -0.05) is 29.3 Å². The second-order valence-electron chi connectivity index (χ2n) is 5.49. The molecule has 1 N–H and O–H groups in total. The summed E-state index contributed by atoms with van der Waals surface area (Å²) < 4.78 is 1.92. The number of aromatic nitrogens is 3. The Kier molecular flexibility index (Phi) is 5.22. The monoisotopic (exact) mass is 391 g/mol. The molecule has 1 aromatic heterocycles. The average molecular weight is 392 g/mol. The van der Waals surface area contributed by atoms with E-state index in [4.69, 9.17) is 35.4 Å². The van der Waals surface area contributed by atoms with E-state index in [1.54, 1.807) is 29.1 Å². The van der Waals surface area contributed by atoms with Crippen LogP contribution < -0.4 is 4.90 Å². The minimum absolute atomic E-state index is 0.381. The third-order valence-corrected chi connectivity index (χ3v) is 4.52. The fourth-order valence-corrected chi connectivity index (χ4v) is 2.92. The Morgan fingerprint density at radius 3 is 2.36 bits per heavy atom. The summed E-state index contributed by atoms with van der Waals surface area (Å²) >= 11 is 17.6. The molecule has 0 unspecified atom stereocenters. The lowest BCUT2D eigenvalue weighted by molar-refractivity contribution is 0.871. The van der Waals surface area contributed by atoms with Crippen molar-refractivity contribution in [1.29, 1.82) is 0 Å². The van der Waals surface area contributed by atoms with Crippen molar-refractivity contribution in [2.75, 3.05) is 19.0 Å². The molecule has 0 saturated heterocycles. The largest absolute Gasteiger partial charge is 0.378 e. The van der Waals surface area contributed by atoms with Gasteiger partial charge in [-0.15, -0.1) is 0 Å². The molecule has 0 fully saturated rings. The quantitative estimate of drug-likeness (QED) is 0.510. The Bertz CT molecular complexity index is 953. The Morgan fingerprint density at radius 1 is 1.12 bits per heavy atom. The second kappa shape index (κ2) is 7.39. The zero-order valence-electron chi connectivity index (χ0n) is 13.6. The summed E-state index contributed by atoms with van der Waals surface area (Å²) in [7, 11) is 3.98. The SMILES string of the molecule is CN(C)c1ccc(-c2n[nH]c(=S)n2/N=C/c2c(Cl)cccc2Cl)cc1. The van der Waals surface area contributed by atoms with Crippen LogP contribution in [0.3, 0.4) is 0 Å². The first-order valence-electron chi connectivity index (χ1n) is 7.41. The van der Waals surface area contributed by atoms with Crippen molar-refractivity contribution >= 4 is 47.3 Å². The summed E-state index contributed by atoms with van der Waals surface area (Å²) in [5.41, 5.74) is 2.61. The molecule has 25 heavy (non-hydrogen) atoms. The molecule has 0 aliphatic heterocycles. The number of benzene rings is 2. The lowest BCUT2D eigenvalue weighted by Crippen LogP contribution is -2.08. The van der Waals surface area contributed by atoms with Crippen molar-refractivity contribution in [2.45, 2.75) is 0 Å². The van der Waals surface area contributed by atoms with Crippen LogP contribution in [0.4, 0.5) is 5.69 Å². The molecule has 0 spiro atoms. The first-order chi connectivity index (χ1) is 12.0. The smallest absolute Gasteiger partial charge is 0.216 e. The standard InChI is InChI=1S/C17H15Cl2N5S/c1-23(2)12-8-6-11(7-9-12)16-21-22-17(25)24(16)20-10-13-14(18)4-3-5-15(13)19/h3-10H,1-2H3,(H,22,25)/b20-10+. The fraction of sp³-hybridized carbons (Fsp3) is 0.118. The van der Waals surface area contributed by atoms with Crippen LogP contribution in [-0.4, -0.2) is 35.2 Å².